The van der Waals surface area contributed by atoms with Gasteiger partial charge >= 0.3 is 11.9 Å². The highest BCUT2D eigenvalue weighted by atomic mass is 19.3. The topological polar surface area (TPSA) is 61.2 Å². The first-order valence-corrected chi connectivity index (χ1v) is 1.74. The van der Waals surface area contributed by atoms with Gasteiger partial charge in [-0.2, -0.15) is 13.2 Å². The molecule has 0 aliphatic rings. The van der Waals surface area contributed by atoms with Crippen molar-refractivity contribution >= 4 is 11.9 Å². The average Bonchev–Trinajstić information content (AvgIpc) is 1.65. The summed E-state index contributed by atoms with van der Waals surface area (Å²) in [6, 6.07) is 0. The van der Waals surface area contributed by atoms with E-state index < -0.39 is 17.9 Å². The van der Waals surface area contributed by atoms with E-state index in [0.717, 1.165) is 0 Å². The van der Waals surface area contributed by atoms with Crippen molar-refractivity contribution < 1.29 is 23.1 Å². The van der Waals surface area contributed by atoms with Gasteiger partial charge in [0.1, 0.15) is 0 Å². The van der Waals surface area contributed by atoms with E-state index in [4.69, 9.17) is 10.5 Å². The number of carboxylic acids is 1. The molecule has 6 heteroatoms. The number of halogens is 3. The van der Waals surface area contributed by atoms with Crippen molar-refractivity contribution in [3.05, 3.63) is 0 Å². The van der Waals surface area contributed by atoms with Crippen molar-refractivity contribution in [2.45, 2.75) is 5.92 Å². The molecule has 0 aromatic rings. The third-order valence-electron chi connectivity index (χ3n) is 0.544. The van der Waals surface area contributed by atoms with Gasteiger partial charge in [0.2, 0.25) is 0 Å². The third kappa shape index (κ3) is 1.41. The summed E-state index contributed by atoms with van der Waals surface area (Å²) in [6.07, 6.45) is 0. The van der Waals surface area contributed by atoms with Crippen molar-refractivity contribution in [2.75, 3.05) is 0 Å². The summed E-state index contributed by atoms with van der Waals surface area (Å²) < 4.78 is 34.1. The molecule has 0 saturated heterocycles. The lowest BCUT2D eigenvalue weighted by molar-refractivity contribution is -0.156. The van der Waals surface area contributed by atoms with Gasteiger partial charge in [0.05, 0.1) is 0 Å². The highest BCUT2D eigenvalue weighted by Gasteiger charge is 2.45. The second-order valence-corrected chi connectivity index (χ2v) is 1.19. The molecular weight excluding hydrogens is 139 g/mol. The fourth-order valence-corrected chi connectivity index (χ4v) is 0.0939. The Morgan fingerprint density at radius 3 is 1.89 bits per heavy atom. The molecular formula is C3H2F3NO2. The summed E-state index contributed by atoms with van der Waals surface area (Å²) in [7, 11) is 0. The maximum atomic E-state index is 11.5. The lowest BCUT2D eigenvalue weighted by Crippen LogP contribution is -2.34. The number of aliphatic carboxylic acids is 1. The Balaban J connectivity index is 4.38. The van der Waals surface area contributed by atoms with E-state index in [9.17, 15) is 18.0 Å². The molecule has 0 aromatic carbocycles. The van der Waals surface area contributed by atoms with Gasteiger partial charge in [0.15, 0.2) is 0 Å². The van der Waals surface area contributed by atoms with E-state index >= 15 is 0 Å². The molecule has 0 fully saturated rings. The van der Waals surface area contributed by atoms with Crippen molar-refractivity contribution in [2.24, 2.45) is 0 Å². The summed E-state index contributed by atoms with van der Waals surface area (Å²) in [6.45, 7) is 0. The van der Waals surface area contributed by atoms with Crippen LogP contribution in [0.5, 0.6) is 0 Å². The Morgan fingerprint density at radius 2 is 1.89 bits per heavy atom. The van der Waals surface area contributed by atoms with Gasteiger partial charge in [-0.25, -0.2) is 4.79 Å². The zero-order valence-electron chi connectivity index (χ0n) is 3.99. The number of rotatable bonds is 2. The first-order chi connectivity index (χ1) is 3.89. The van der Waals surface area contributed by atoms with E-state index in [0.29, 0.717) is 0 Å². The molecule has 52 valence electrons. The second kappa shape index (κ2) is 2.04. The van der Waals surface area contributed by atoms with Crippen LogP contribution in [-0.2, 0) is 4.79 Å². The highest BCUT2D eigenvalue weighted by molar-refractivity contribution is 6.01. The summed E-state index contributed by atoms with van der Waals surface area (Å²) >= 11 is 0. The lowest BCUT2D eigenvalue weighted by atomic mass is 10.4. The van der Waals surface area contributed by atoms with Crippen molar-refractivity contribution in [1.82, 2.24) is 0 Å². The molecule has 0 heterocycles. The molecule has 0 aliphatic carbocycles. The molecule has 0 atom stereocenters. The van der Waals surface area contributed by atoms with Crippen LogP contribution >= 0.6 is 0 Å². The lowest BCUT2D eigenvalue weighted by Gasteiger charge is -2.03. The van der Waals surface area contributed by atoms with Gasteiger partial charge in [0, 0.05) is 0 Å². The normalized spacial score (nSPS) is 11.0. The van der Waals surface area contributed by atoms with E-state index in [1.54, 1.807) is 0 Å². The molecule has 0 rings (SSSR count). The number of hydrogen-bond acceptors (Lipinski definition) is 2. The maximum absolute atomic E-state index is 11.5. The molecule has 0 amide bonds. The molecule has 3 nitrogen and oxygen atoms in total. The summed E-state index contributed by atoms with van der Waals surface area (Å²) in [5.74, 6) is -9.98. The SMILES string of the molecule is N=C(F)C(F)(F)C(=O)O. The quantitative estimate of drug-likeness (QED) is 0.554. The van der Waals surface area contributed by atoms with Crippen LogP contribution in [0.3, 0.4) is 0 Å². The number of alkyl halides is 2. The molecule has 9 heavy (non-hydrogen) atoms. The van der Waals surface area contributed by atoms with E-state index in [2.05, 4.69) is 0 Å². The Kier molecular flexibility index (Phi) is 1.80. The van der Waals surface area contributed by atoms with Crippen molar-refractivity contribution in [3.8, 4) is 0 Å². The Bertz CT molecular complexity index is 139. The molecule has 0 radical (unpaired) electrons. The number of carbonyl (C=O) groups is 1. The Hall–Kier alpha value is -1.07. The van der Waals surface area contributed by atoms with Gasteiger partial charge in [-0.05, 0) is 0 Å². The van der Waals surface area contributed by atoms with E-state index in [1.165, 1.54) is 0 Å². The van der Waals surface area contributed by atoms with Gasteiger partial charge in [0.25, 0.3) is 5.97 Å². The van der Waals surface area contributed by atoms with E-state index in [1.807, 2.05) is 0 Å². The summed E-state index contributed by atoms with van der Waals surface area (Å²) in [5, 5.41) is 13.1. The monoisotopic (exact) mass is 141 g/mol. The Morgan fingerprint density at radius 1 is 1.56 bits per heavy atom. The zero-order valence-corrected chi connectivity index (χ0v) is 3.99. The zero-order chi connectivity index (χ0) is 7.65. The van der Waals surface area contributed by atoms with Crippen LogP contribution in [0.2, 0.25) is 0 Å². The molecule has 0 saturated carbocycles. The Labute approximate surface area is 47.6 Å². The van der Waals surface area contributed by atoms with Crippen molar-refractivity contribution in [3.63, 3.8) is 0 Å². The minimum Gasteiger partial charge on any atom is -0.476 e. The molecule has 0 spiro atoms. The van der Waals surface area contributed by atoms with Gasteiger partial charge in [-0.15, -0.1) is 0 Å². The van der Waals surface area contributed by atoms with Crippen LogP contribution < -0.4 is 0 Å². The number of carboxylic acid groups (broad SMARTS) is 1. The molecule has 0 aromatic heterocycles. The molecule has 2 N–H and O–H groups in total. The summed E-state index contributed by atoms with van der Waals surface area (Å²) in [5.41, 5.74) is 0. The first kappa shape index (κ1) is 7.93. The van der Waals surface area contributed by atoms with Crippen LogP contribution in [0.1, 0.15) is 0 Å². The molecule has 0 bridgehead atoms. The second-order valence-electron chi connectivity index (χ2n) is 1.19. The van der Waals surface area contributed by atoms with E-state index in [-0.39, 0.29) is 0 Å². The maximum Gasteiger partial charge on any atom is 0.409 e. The first-order valence-electron chi connectivity index (χ1n) is 1.74. The van der Waals surface area contributed by atoms with Gasteiger partial charge in [-0.3, -0.25) is 5.41 Å². The van der Waals surface area contributed by atoms with Crippen LogP contribution in [0.4, 0.5) is 13.2 Å². The van der Waals surface area contributed by atoms with Crippen LogP contribution in [-0.4, -0.2) is 23.0 Å². The van der Waals surface area contributed by atoms with Crippen LogP contribution in [0, 0.1) is 5.41 Å². The fraction of sp³-hybridized carbons (Fsp3) is 0.333. The highest BCUT2D eigenvalue weighted by Crippen LogP contribution is 2.15. The fourth-order valence-electron chi connectivity index (χ4n) is 0.0939. The van der Waals surface area contributed by atoms with Gasteiger partial charge < -0.3 is 5.11 Å². The van der Waals surface area contributed by atoms with Crippen LogP contribution in [0.25, 0.3) is 0 Å². The number of hydrogen-bond donors (Lipinski definition) is 2. The average molecular weight is 141 g/mol. The predicted molar refractivity (Wildman–Crippen MR) is 21.4 cm³/mol. The third-order valence-corrected chi connectivity index (χ3v) is 0.544. The largest absolute Gasteiger partial charge is 0.476 e. The molecule has 0 aliphatic heterocycles. The standard InChI is InChI=1S/C3H2F3NO2/c4-1(7)3(5,6)2(8)9/h7H,(H,8,9). The minimum absolute atomic E-state index is 2.66. The minimum atomic E-state index is -4.67. The van der Waals surface area contributed by atoms with Crippen LogP contribution in [0.15, 0.2) is 0 Å². The molecule has 0 unspecified atom stereocenters. The van der Waals surface area contributed by atoms with Gasteiger partial charge in [-0.1, -0.05) is 0 Å². The summed E-state index contributed by atoms with van der Waals surface area (Å²) in [4.78, 5) is 9.33. The number of nitrogens with one attached hydrogen (secondary N) is 1. The van der Waals surface area contributed by atoms with Crippen molar-refractivity contribution in [1.29, 1.82) is 5.41 Å². The predicted octanol–water partition coefficient (Wildman–Crippen LogP) is 0.653. The smallest absolute Gasteiger partial charge is 0.409 e.